The first-order valence-corrected chi connectivity index (χ1v) is 8.61. The molecule has 1 aliphatic rings. The van der Waals surface area contributed by atoms with Crippen LogP contribution in [0, 0.1) is 21.4 Å². The molecule has 1 heterocycles. The van der Waals surface area contributed by atoms with Gasteiger partial charge in [0.05, 0.1) is 23.8 Å². The fraction of sp³-hybridized carbons (Fsp3) is 0.250. The summed E-state index contributed by atoms with van der Waals surface area (Å²) in [4.78, 5) is 15.0. The number of anilines is 1. The molecule has 7 nitrogen and oxygen atoms in total. The van der Waals surface area contributed by atoms with Crippen molar-refractivity contribution in [2.24, 2.45) is 0 Å². The number of ether oxygens (including phenoxy) is 1. The predicted molar refractivity (Wildman–Crippen MR) is 103 cm³/mol. The number of allylic oxidation sites excluding steroid dienone is 1. The minimum absolute atomic E-state index is 0.0215. The first-order chi connectivity index (χ1) is 13.1. The summed E-state index contributed by atoms with van der Waals surface area (Å²) in [5.74, 6) is 0.822. The SMILES string of the molecule is COc1ccc(N2CCN(/C(=C\C#N)c3cccc([N+](=O)[O-])c3)CC2)cc1. The topological polar surface area (TPSA) is 82.6 Å². The Hall–Kier alpha value is -3.53. The van der Waals surface area contributed by atoms with E-state index in [9.17, 15) is 15.4 Å². The maximum Gasteiger partial charge on any atom is 0.270 e. The fourth-order valence-electron chi connectivity index (χ4n) is 3.20. The molecule has 1 fully saturated rings. The molecule has 1 saturated heterocycles. The quantitative estimate of drug-likeness (QED) is 0.460. The van der Waals surface area contributed by atoms with Crippen LogP contribution < -0.4 is 9.64 Å². The van der Waals surface area contributed by atoms with Crippen molar-refractivity contribution in [2.45, 2.75) is 0 Å². The maximum absolute atomic E-state index is 11.0. The molecule has 0 amide bonds. The van der Waals surface area contributed by atoms with E-state index >= 15 is 0 Å². The van der Waals surface area contributed by atoms with Gasteiger partial charge in [-0.1, -0.05) is 12.1 Å². The van der Waals surface area contributed by atoms with Gasteiger partial charge in [0.25, 0.3) is 5.69 Å². The minimum atomic E-state index is -0.422. The Bertz CT molecular complexity index is 879. The zero-order valence-corrected chi connectivity index (χ0v) is 15.0. The lowest BCUT2D eigenvalue weighted by Crippen LogP contribution is -2.45. The molecule has 7 heteroatoms. The molecule has 0 unspecified atom stereocenters. The molecule has 0 saturated carbocycles. The van der Waals surface area contributed by atoms with Gasteiger partial charge in [0.2, 0.25) is 0 Å². The first-order valence-electron chi connectivity index (χ1n) is 8.61. The number of benzene rings is 2. The fourth-order valence-corrected chi connectivity index (χ4v) is 3.20. The molecular formula is C20H20N4O3. The molecule has 3 rings (SSSR count). The number of nitro benzene ring substituents is 1. The van der Waals surface area contributed by atoms with Crippen LogP contribution in [-0.2, 0) is 0 Å². The van der Waals surface area contributed by atoms with E-state index in [1.807, 2.05) is 24.3 Å². The summed E-state index contributed by atoms with van der Waals surface area (Å²) in [5.41, 5.74) is 2.55. The van der Waals surface area contributed by atoms with Gasteiger partial charge in [-0.05, 0) is 24.3 Å². The lowest BCUT2D eigenvalue weighted by Gasteiger charge is -2.38. The maximum atomic E-state index is 11.0. The Morgan fingerprint density at radius 3 is 2.48 bits per heavy atom. The highest BCUT2D eigenvalue weighted by Gasteiger charge is 2.21. The normalized spacial score (nSPS) is 14.6. The molecule has 2 aromatic carbocycles. The van der Waals surface area contributed by atoms with Crippen molar-refractivity contribution in [1.82, 2.24) is 4.90 Å². The van der Waals surface area contributed by atoms with Crippen molar-refractivity contribution < 1.29 is 9.66 Å². The summed E-state index contributed by atoms with van der Waals surface area (Å²) in [6.45, 7) is 3.04. The molecular weight excluding hydrogens is 344 g/mol. The monoisotopic (exact) mass is 364 g/mol. The van der Waals surface area contributed by atoms with Crippen LogP contribution in [0.4, 0.5) is 11.4 Å². The van der Waals surface area contributed by atoms with E-state index in [0.29, 0.717) is 5.56 Å². The minimum Gasteiger partial charge on any atom is -0.497 e. The number of methoxy groups -OCH3 is 1. The first kappa shape index (κ1) is 18.3. The molecule has 0 atom stereocenters. The number of non-ortho nitro benzene ring substituents is 1. The van der Waals surface area contributed by atoms with Crippen LogP contribution in [0.25, 0.3) is 5.70 Å². The second-order valence-corrected chi connectivity index (χ2v) is 6.14. The van der Waals surface area contributed by atoms with E-state index in [0.717, 1.165) is 43.3 Å². The van der Waals surface area contributed by atoms with Gasteiger partial charge in [0, 0.05) is 55.6 Å². The van der Waals surface area contributed by atoms with Crippen molar-refractivity contribution in [3.8, 4) is 11.8 Å². The number of nitriles is 1. The molecule has 0 aromatic heterocycles. The van der Waals surface area contributed by atoms with Gasteiger partial charge < -0.3 is 14.5 Å². The van der Waals surface area contributed by atoms with Crippen molar-refractivity contribution in [3.63, 3.8) is 0 Å². The standard InChI is InChI=1S/C20H20N4O3/c1-27-19-7-5-17(6-8-19)22-11-13-23(14-12-22)20(9-10-21)16-3-2-4-18(15-16)24(25)26/h2-9,15H,11-14H2,1H3/b20-9-. The third kappa shape index (κ3) is 4.18. The van der Waals surface area contributed by atoms with Crippen LogP contribution in [0.3, 0.4) is 0 Å². The summed E-state index contributed by atoms with van der Waals surface area (Å²) in [6, 6.07) is 16.4. The van der Waals surface area contributed by atoms with Gasteiger partial charge in [-0.2, -0.15) is 5.26 Å². The van der Waals surface area contributed by atoms with Gasteiger partial charge in [0.1, 0.15) is 5.75 Å². The third-order valence-electron chi connectivity index (χ3n) is 4.61. The Kier molecular flexibility index (Phi) is 5.57. The summed E-state index contributed by atoms with van der Waals surface area (Å²) in [6.07, 6.45) is 1.46. The van der Waals surface area contributed by atoms with Crippen molar-refractivity contribution in [2.75, 3.05) is 38.2 Å². The average molecular weight is 364 g/mol. The molecule has 1 aliphatic heterocycles. The van der Waals surface area contributed by atoms with Gasteiger partial charge in [-0.3, -0.25) is 10.1 Å². The van der Waals surface area contributed by atoms with E-state index in [2.05, 4.69) is 15.9 Å². The molecule has 0 aliphatic carbocycles. The molecule has 27 heavy (non-hydrogen) atoms. The van der Waals surface area contributed by atoms with Crippen molar-refractivity contribution in [3.05, 3.63) is 70.3 Å². The van der Waals surface area contributed by atoms with Crippen molar-refractivity contribution >= 4 is 17.1 Å². The Labute approximate surface area is 157 Å². The highest BCUT2D eigenvalue weighted by atomic mass is 16.6. The summed E-state index contributed by atoms with van der Waals surface area (Å²) in [7, 11) is 1.64. The molecule has 0 bridgehead atoms. The highest BCUT2D eigenvalue weighted by molar-refractivity contribution is 5.68. The van der Waals surface area contributed by atoms with Crippen molar-refractivity contribution in [1.29, 1.82) is 5.26 Å². The Balaban J connectivity index is 1.74. The number of hydrogen-bond acceptors (Lipinski definition) is 6. The lowest BCUT2D eigenvalue weighted by atomic mass is 10.1. The lowest BCUT2D eigenvalue weighted by molar-refractivity contribution is -0.384. The van der Waals surface area contributed by atoms with Gasteiger partial charge in [-0.15, -0.1) is 0 Å². The molecule has 0 radical (unpaired) electrons. The number of nitro groups is 1. The van der Waals surface area contributed by atoms with E-state index < -0.39 is 4.92 Å². The molecule has 2 aromatic rings. The Morgan fingerprint density at radius 2 is 1.89 bits per heavy atom. The van der Waals surface area contributed by atoms with Crippen LogP contribution in [0.2, 0.25) is 0 Å². The van der Waals surface area contributed by atoms with Crippen LogP contribution in [0.1, 0.15) is 5.56 Å². The highest BCUT2D eigenvalue weighted by Crippen LogP contribution is 2.26. The zero-order chi connectivity index (χ0) is 19.2. The Morgan fingerprint density at radius 1 is 1.19 bits per heavy atom. The second kappa shape index (κ2) is 8.23. The van der Waals surface area contributed by atoms with E-state index in [1.54, 1.807) is 19.2 Å². The van der Waals surface area contributed by atoms with Crippen LogP contribution >= 0.6 is 0 Å². The van der Waals surface area contributed by atoms with Crippen LogP contribution in [-0.4, -0.2) is 43.1 Å². The van der Waals surface area contributed by atoms with Crippen LogP contribution in [0.15, 0.2) is 54.6 Å². The summed E-state index contributed by atoms with van der Waals surface area (Å²) < 4.78 is 5.19. The van der Waals surface area contributed by atoms with Gasteiger partial charge in [-0.25, -0.2) is 0 Å². The third-order valence-corrected chi connectivity index (χ3v) is 4.61. The summed E-state index contributed by atoms with van der Waals surface area (Å²) in [5, 5.41) is 20.2. The largest absolute Gasteiger partial charge is 0.497 e. The molecule has 138 valence electrons. The zero-order valence-electron chi connectivity index (χ0n) is 15.0. The van der Waals surface area contributed by atoms with E-state index in [4.69, 9.17) is 4.74 Å². The average Bonchev–Trinajstić information content (AvgIpc) is 2.72. The molecule has 0 spiro atoms. The smallest absolute Gasteiger partial charge is 0.270 e. The van der Waals surface area contributed by atoms with E-state index in [-0.39, 0.29) is 5.69 Å². The predicted octanol–water partition coefficient (Wildman–Crippen LogP) is 3.29. The summed E-state index contributed by atoms with van der Waals surface area (Å²) >= 11 is 0. The van der Waals surface area contributed by atoms with Gasteiger partial charge in [0.15, 0.2) is 0 Å². The van der Waals surface area contributed by atoms with E-state index in [1.165, 1.54) is 18.2 Å². The number of hydrogen-bond donors (Lipinski definition) is 0. The number of nitrogens with zero attached hydrogens (tertiary/aromatic N) is 4. The second-order valence-electron chi connectivity index (χ2n) is 6.14. The number of piperazine rings is 1. The van der Waals surface area contributed by atoms with Crippen LogP contribution in [0.5, 0.6) is 5.75 Å². The molecule has 0 N–H and O–H groups in total. The number of rotatable bonds is 5. The van der Waals surface area contributed by atoms with Gasteiger partial charge >= 0.3 is 0 Å².